The Balaban J connectivity index is 0.000000180. The number of hydrogen-bond donors (Lipinski definition) is 4. The molecule has 7 aliphatic heterocycles. The Hall–Kier alpha value is -5.77. The van der Waals surface area contributed by atoms with Gasteiger partial charge in [-0.3, -0.25) is 10.1 Å². The molecule has 7 heterocycles. The van der Waals surface area contributed by atoms with E-state index < -0.39 is 16.5 Å². The van der Waals surface area contributed by atoms with Crippen molar-refractivity contribution in [3.05, 3.63) is 139 Å². The lowest BCUT2D eigenvalue weighted by atomic mass is 9.40. The topological polar surface area (TPSA) is 210 Å². The summed E-state index contributed by atoms with van der Waals surface area (Å²) in [6, 6.07) is 23.9. The summed E-state index contributed by atoms with van der Waals surface area (Å²) >= 11 is 0. The summed E-state index contributed by atoms with van der Waals surface area (Å²) in [6.07, 6.45) is 14.2. The summed E-state index contributed by atoms with van der Waals surface area (Å²) in [5, 5.41) is 20.6. The maximum absolute atomic E-state index is 12.1. The first-order chi connectivity index (χ1) is 35.7. The second-order valence-corrected chi connectivity index (χ2v) is 20.3. The molecule has 0 amide bonds. The minimum atomic E-state index is -0.498. The van der Waals surface area contributed by atoms with Crippen molar-refractivity contribution in [2.45, 2.75) is 133 Å². The van der Waals surface area contributed by atoms with Crippen LogP contribution in [-0.4, -0.2) is 137 Å². The van der Waals surface area contributed by atoms with Crippen LogP contribution < -0.4 is 21.7 Å². The van der Waals surface area contributed by atoms with Crippen molar-refractivity contribution >= 4 is 81.7 Å². The van der Waals surface area contributed by atoms with Gasteiger partial charge in [-0.2, -0.15) is 0 Å². The number of carbonyl (C=O) groups excluding carboxylic acids is 4. The molecule has 12 radical (unpaired) electrons. The van der Waals surface area contributed by atoms with Crippen LogP contribution in [0.2, 0.25) is 0 Å². The van der Waals surface area contributed by atoms with Gasteiger partial charge < -0.3 is 40.6 Å². The quantitative estimate of drug-likeness (QED) is 0.0443. The van der Waals surface area contributed by atoms with Gasteiger partial charge in [-0.25, -0.2) is 19.2 Å². The van der Waals surface area contributed by atoms with Crippen LogP contribution >= 0.6 is 0 Å². The summed E-state index contributed by atoms with van der Waals surface area (Å²) in [5.41, 5.74) is 12.9. The van der Waals surface area contributed by atoms with Gasteiger partial charge in [0.15, 0.2) is 0 Å². The van der Waals surface area contributed by atoms with Crippen LogP contribution in [0.1, 0.15) is 147 Å². The van der Waals surface area contributed by atoms with E-state index in [-0.39, 0.29) is 56.2 Å². The molecular weight excluding hydrogens is 956 g/mol. The molecule has 3 saturated heterocycles. The molecule has 0 bridgehead atoms. The number of benzene rings is 4. The molecule has 390 valence electrons. The number of nitrogens with two attached hydrogens (primary N) is 1. The number of hydrogen-bond acceptors (Lipinski definition) is 14. The maximum Gasteiger partial charge on any atom is 0.339 e. The number of nitrogens with one attached hydrogen (secondary N) is 3. The van der Waals surface area contributed by atoms with Gasteiger partial charge in [0, 0.05) is 128 Å². The standard InChI is InChI=1S/C15H18O2.C13H14N2O4.C13H16N2O2.C13H15NO2.CH4.B3.B2.B/c1-11-5-6-12-10-15(7-3-2-4-8-15)17-14(16)13(12)9-11;16-12-11-7-10(15(17)18)2-1-9(11)8-13(19-12)3-5-14-6-4-13;14-10-2-1-9-8-13(3-5-15-6-4-13)17-12(16)11(9)7-10;15-12-11-4-2-1-3-10(11)9-13(16-12)5-7-14-8-6-13;;1-3-2;1-2;/h5-6,9H,2-4,7-8,10H2,1H3;1-2,7,14H,3-6,8H2;1-2,7,15H,3-6,8,14H2;1-4,14H,5-9H2;1H4;;;. The smallest absolute Gasteiger partial charge is 0.339 e. The van der Waals surface area contributed by atoms with E-state index in [1.165, 1.54) is 37.0 Å². The Kier molecular flexibility index (Phi) is 22.1. The lowest BCUT2D eigenvalue weighted by molar-refractivity contribution is -0.384. The molecule has 4 aromatic carbocycles. The third-order valence-corrected chi connectivity index (χ3v) is 15.2. The van der Waals surface area contributed by atoms with Crippen LogP contribution in [0, 0.1) is 17.0 Å². The first-order valence-corrected chi connectivity index (χ1v) is 25.6. The van der Waals surface area contributed by atoms with Gasteiger partial charge in [0.2, 0.25) is 0 Å². The van der Waals surface area contributed by atoms with E-state index in [0.717, 1.165) is 150 Å². The first kappa shape index (κ1) is 61.1. The largest absolute Gasteiger partial charge is 0.455 e. The highest BCUT2D eigenvalue weighted by molar-refractivity contribution is 7.17. The third-order valence-electron chi connectivity index (χ3n) is 15.2. The number of carbonyl (C=O) groups is 4. The van der Waals surface area contributed by atoms with E-state index in [9.17, 15) is 29.3 Å². The summed E-state index contributed by atoms with van der Waals surface area (Å²) in [4.78, 5) is 58.3. The minimum Gasteiger partial charge on any atom is -0.455 e. The molecule has 0 unspecified atom stereocenters. The number of nitro benzene ring substituents is 1. The SMILES string of the molecule is C.Cc1ccc2c(c1)C(=O)OC1(CCCCC1)C2.Nc1ccc2c(c1)C(=O)OC1(CCNCC1)C2.O=C1OC2(CCNCC2)Cc2ccc([N+](=O)[O-])cc21.O=C1OC2(CCNCC2)Cc2ccccc21.[B].[B][B].[B][B][B]. The Labute approximate surface area is 456 Å². The van der Waals surface area contributed by atoms with Gasteiger partial charge in [0.05, 0.1) is 27.2 Å². The number of esters is 4. The van der Waals surface area contributed by atoms with E-state index in [0.29, 0.717) is 23.2 Å². The molecule has 15 nitrogen and oxygen atoms in total. The monoisotopic (exact) mass is 1020 g/mol. The zero-order valence-electron chi connectivity index (χ0n) is 42.9. The van der Waals surface area contributed by atoms with Crippen molar-refractivity contribution in [2.24, 2.45) is 0 Å². The molecule has 5 N–H and O–H groups in total. The van der Waals surface area contributed by atoms with Gasteiger partial charge in [-0.1, -0.05) is 61.9 Å². The predicted molar refractivity (Wildman–Crippen MR) is 300 cm³/mol. The molecular formula is C55H67B6N5O10. The summed E-state index contributed by atoms with van der Waals surface area (Å²) in [5.74, 6) is -0.923. The minimum absolute atomic E-state index is 0. The van der Waals surface area contributed by atoms with E-state index in [4.69, 9.17) is 24.7 Å². The van der Waals surface area contributed by atoms with Crippen LogP contribution in [0.3, 0.4) is 0 Å². The molecule has 4 fully saturated rings. The zero-order valence-corrected chi connectivity index (χ0v) is 42.9. The second kappa shape index (κ2) is 27.5. The van der Waals surface area contributed by atoms with E-state index in [1.807, 2.05) is 49.4 Å². The number of fused-ring (bicyclic) bond motifs is 4. The molecule has 8 aliphatic rings. The second-order valence-electron chi connectivity index (χ2n) is 20.3. The highest BCUT2D eigenvalue weighted by atomic mass is 16.6. The van der Waals surface area contributed by atoms with Crippen molar-refractivity contribution in [2.75, 3.05) is 45.0 Å². The fourth-order valence-corrected chi connectivity index (χ4v) is 11.4. The van der Waals surface area contributed by atoms with Gasteiger partial charge in [-0.15, -0.1) is 0 Å². The average Bonchev–Trinajstić information content (AvgIpc) is 3.39. The number of rotatable bonds is 1. The van der Waals surface area contributed by atoms with Crippen molar-refractivity contribution in [3.63, 3.8) is 0 Å². The number of ether oxygens (including phenoxy) is 4. The number of nitro groups is 1. The Bertz CT molecular complexity index is 2570. The fourth-order valence-electron chi connectivity index (χ4n) is 11.4. The fraction of sp³-hybridized carbons (Fsp3) is 0.491. The molecule has 1 saturated carbocycles. The molecule has 21 heteroatoms. The lowest BCUT2D eigenvalue weighted by Crippen LogP contribution is -2.49. The lowest BCUT2D eigenvalue weighted by Gasteiger charge is -2.40. The van der Waals surface area contributed by atoms with Crippen molar-refractivity contribution in [1.82, 2.24) is 16.0 Å². The van der Waals surface area contributed by atoms with E-state index >= 15 is 0 Å². The van der Waals surface area contributed by atoms with Gasteiger partial charge in [0.25, 0.3) is 5.69 Å². The highest BCUT2D eigenvalue weighted by Crippen LogP contribution is 2.41. The normalized spacial score (nSPS) is 20.0. The molecule has 4 aromatic rings. The van der Waals surface area contributed by atoms with Crippen molar-refractivity contribution in [3.8, 4) is 0 Å². The van der Waals surface area contributed by atoms with Crippen LogP contribution in [0.25, 0.3) is 0 Å². The summed E-state index contributed by atoms with van der Waals surface area (Å²) in [6.45, 7) is 7.38. The number of non-ortho nitro benzene ring substituents is 1. The van der Waals surface area contributed by atoms with E-state index in [1.54, 1.807) is 12.1 Å². The van der Waals surface area contributed by atoms with E-state index in [2.05, 4.69) is 59.0 Å². The van der Waals surface area contributed by atoms with Crippen molar-refractivity contribution < 1.29 is 43.0 Å². The highest BCUT2D eigenvalue weighted by Gasteiger charge is 2.44. The molecule has 1 aliphatic carbocycles. The van der Waals surface area contributed by atoms with Crippen LogP contribution in [0.5, 0.6) is 0 Å². The zero-order chi connectivity index (χ0) is 52.9. The van der Waals surface area contributed by atoms with Crippen LogP contribution in [-0.2, 0) is 44.6 Å². The maximum atomic E-state index is 12.1. The molecule has 12 rings (SSSR count). The summed E-state index contributed by atoms with van der Waals surface area (Å²) < 4.78 is 22.7. The van der Waals surface area contributed by atoms with Gasteiger partial charge in [0.1, 0.15) is 22.4 Å². The number of nitrogens with zero attached hydrogens (tertiary/aromatic N) is 1. The Morgan fingerprint density at radius 1 is 0.526 bits per heavy atom. The Morgan fingerprint density at radius 2 is 0.882 bits per heavy atom. The van der Waals surface area contributed by atoms with Crippen LogP contribution in [0.4, 0.5) is 11.4 Å². The number of piperidine rings is 3. The number of anilines is 1. The van der Waals surface area contributed by atoms with Crippen molar-refractivity contribution in [1.29, 1.82) is 0 Å². The third kappa shape index (κ3) is 14.8. The average molecular weight is 1020 g/mol. The molecule has 4 spiro atoms. The van der Waals surface area contributed by atoms with Gasteiger partial charge in [-0.05, 0) is 118 Å². The van der Waals surface area contributed by atoms with Gasteiger partial charge >= 0.3 is 23.9 Å². The van der Waals surface area contributed by atoms with Crippen LogP contribution in [0.15, 0.2) is 78.9 Å². The Morgan fingerprint density at radius 3 is 1.33 bits per heavy atom. The molecule has 76 heavy (non-hydrogen) atoms. The predicted octanol–water partition coefficient (Wildman–Crippen LogP) is 5.82. The number of aryl methyl sites for hydroxylation is 1. The molecule has 0 aromatic heterocycles. The first-order valence-electron chi connectivity index (χ1n) is 25.6. The summed E-state index contributed by atoms with van der Waals surface area (Å²) in [7, 11) is 18.0. The molecule has 0 atom stereocenters. The number of nitrogen functional groups attached to an aromatic ring is 1.